The molecule has 1 fully saturated rings. The fourth-order valence-corrected chi connectivity index (χ4v) is 1.96. The zero-order valence-electron chi connectivity index (χ0n) is 9.81. The molecule has 5 nitrogen and oxygen atoms in total. The van der Waals surface area contributed by atoms with Crippen molar-refractivity contribution in [3.05, 3.63) is 0 Å². The summed E-state index contributed by atoms with van der Waals surface area (Å²) in [4.78, 5) is 23.8. The number of amides is 1. The van der Waals surface area contributed by atoms with E-state index in [0.29, 0.717) is 13.0 Å². The van der Waals surface area contributed by atoms with Gasteiger partial charge in [0.25, 0.3) is 0 Å². The quantitative estimate of drug-likeness (QED) is 0.781. The van der Waals surface area contributed by atoms with E-state index in [1.165, 1.54) is 0 Å². The normalized spacial score (nSPS) is 22.8. The van der Waals surface area contributed by atoms with Crippen LogP contribution in [0.15, 0.2) is 0 Å². The van der Waals surface area contributed by atoms with Gasteiger partial charge in [0, 0.05) is 24.9 Å². The van der Waals surface area contributed by atoms with Crippen molar-refractivity contribution in [1.29, 1.82) is 0 Å². The highest BCUT2D eigenvalue weighted by molar-refractivity contribution is 5.70. The summed E-state index contributed by atoms with van der Waals surface area (Å²) in [5.74, 6) is -0.817. The van der Waals surface area contributed by atoms with E-state index in [2.05, 4.69) is 0 Å². The van der Waals surface area contributed by atoms with Crippen molar-refractivity contribution in [2.45, 2.75) is 51.6 Å². The first-order chi connectivity index (χ1) is 7.56. The summed E-state index contributed by atoms with van der Waals surface area (Å²) >= 11 is 0. The summed E-state index contributed by atoms with van der Waals surface area (Å²) in [7, 11) is 0. The molecule has 1 aliphatic rings. The molecular weight excluding hydrogens is 210 g/mol. The fourth-order valence-electron chi connectivity index (χ4n) is 1.96. The van der Waals surface area contributed by atoms with Gasteiger partial charge in [-0.15, -0.1) is 0 Å². The molecule has 0 aliphatic carbocycles. The maximum atomic E-state index is 11.6. The molecule has 0 spiro atoms. The van der Waals surface area contributed by atoms with Gasteiger partial charge in [0.1, 0.15) is 0 Å². The van der Waals surface area contributed by atoms with Gasteiger partial charge in [0.2, 0.25) is 0 Å². The minimum Gasteiger partial charge on any atom is -0.481 e. The largest absolute Gasteiger partial charge is 0.481 e. The van der Waals surface area contributed by atoms with Gasteiger partial charge >= 0.3 is 12.1 Å². The van der Waals surface area contributed by atoms with Crippen molar-refractivity contribution in [2.24, 2.45) is 0 Å². The molecule has 16 heavy (non-hydrogen) atoms. The first-order valence-electron chi connectivity index (χ1n) is 5.73. The SMILES string of the molecule is CCC(C)N1C(=O)OCCC1CCC(=O)O. The van der Waals surface area contributed by atoms with E-state index in [0.717, 1.165) is 12.8 Å². The summed E-state index contributed by atoms with van der Waals surface area (Å²) in [6.45, 7) is 4.36. The van der Waals surface area contributed by atoms with Gasteiger partial charge in [-0.05, 0) is 19.8 Å². The lowest BCUT2D eigenvalue weighted by atomic mass is 10.0. The van der Waals surface area contributed by atoms with Crippen LogP contribution < -0.4 is 0 Å². The van der Waals surface area contributed by atoms with Gasteiger partial charge in [-0.2, -0.15) is 0 Å². The Bertz CT molecular complexity index is 267. The number of carboxylic acid groups (broad SMARTS) is 1. The van der Waals surface area contributed by atoms with Gasteiger partial charge in [-0.3, -0.25) is 4.79 Å². The monoisotopic (exact) mass is 229 g/mol. The average molecular weight is 229 g/mol. The second kappa shape index (κ2) is 5.72. The lowest BCUT2D eigenvalue weighted by molar-refractivity contribution is -0.137. The molecule has 0 saturated carbocycles. The third kappa shape index (κ3) is 3.12. The Morgan fingerprint density at radius 3 is 2.94 bits per heavy atom. The summed E-state index contributed by atoms with van der Waals surface area (Å²) in [5, 5.41) is 8.66. The second-order valence-corrected chi connectivity index (χ2v) is 4.15. The zero-order valence-corrected chi connectivity index (χ0v) is 9.81. The van der Waals surface area contributed by atoms with Crippen molar-refractivity contribution in [3.8, 4) is 0 Å². The Kier molecular flexibility index (Phi) is 4.58. The van der Waals surface area contributed by atoms with Crippen LogP contribution in [0.5, 0.6) is 0 Å². The van der Waals surface area contributed by atoms with E-state index in [4.69, 9.17) is 9.84 Å². The predicted octanol–water partition coefficient (Wildman–Crippen LogP) is 1.86. The van der Waals surface area contributed by atoms with Gasteiger partial charge < -0.3 is 14.7 Å². The lowest BCUT2D eigenvalue weighted by Crippen LogP contribution is -2.50. The van der Waals surface area contributed by atoms with Crippen molar-refractivity contribution in [2.75, 3.05) is 6.61 Å². The molecule has 2 unspecified atom stereocenters. The van der Waals surface area contributed by atoms with E-state index >= 15 is 0 Å². The molecule has 0 radical (unpaired) electrons. The highest BCUT2D eigenvalue weighted by Crippen LogP contribution is 2.21. The van der Waals surface area contributed by atoms with Crippen molar-refractivity contribution in [3.63, 3.8) is 0 Å². The minimum absolute atomic E-state index is 0.00676. The minimum atomic E-state index is -0.817. The molecule has 0 aromatic rings. The van der Waals surface area contributed by atoms with E-state index in [1.807, 2.05) is 13.8 Å². The van der Waals surface area contributed by atoms with Gasteiger partial charge in [0.15, 0.2) is 0 Å². The molecule has 1 N–H and O–H groups in total. The number of aliphatic carboxylic acids is 1. The zero-order chi connectivity index (χ0) is 12.1. The molecule has 92 valence electrons. The molecule has 1 saturated heterocycles. The number of hydrogen-bond donors (Lipinski definition) is 1. The molecule has 0 aromatic heterocycles. The number of carbonyl (C=O) groups is 2. The maximum absolute atomic E-state index is 11.6. The van der Waals surface area contributed by atoms with Crippen molar-refractivity contribution < 1.29 is 19.4 Å². The Labute approximate surface area is 95.4 Å². The van der Waals surface area contributed by atoms with Crippen LogP contribution in [0.4, 0.5) is 4.79 Å². The Balaban J connectivity index is 2.63. The molecule has 2 atom stereocenters. The number of rotatable bonds is 5. The van der Waals surface area contributed by atoms with E-state index < -0.39 is 5.97 Å². The molecule has 1 amide bonds. The number of cyclic esters (lactones) is 1. The van der Waals surface area contributed by atoms with Crippen molar-refractivity contribution >= 4 is 12.1 Å². The highest BCUT2D eigenvalue weighted by Gasteiger charge is 2.32. The Morgan fingerprint density at radius 1 is 1.69 bits per heavy atom. The molecule has 0 bridgehead atoms. The Morgan fingerprint density at radius 2 is 2.38 bits per heavy atom. The summed E-state index contributed by atoms with van der Waals surface area (Å²) in [6.07, 6.45) is 1.87. The Hall–Kier alpha value is -1.26. The standard InChI is InChI=1S/C11H19NO4/c1-3-8(2)12-9(4-5-10(13)14)6-7-16-11(12)15/h8-9H,3-7H2,1-2H3,(H,13,14). The van der Waals surface area contributed by atoms with E-state index in [1.54, 1.807) is 4.90 Å². The van der Waals surface area contributed by atoms with Gasteiger partial charge in [0.05, 0.1) is 6.61 Å². The number of hydrogen-bond acceptors (Lipinski definition) is 3. The maximum Gasteiger partial charge on any atom is 0.410 e. The van der Waals surface area contributed by atoms with Crippen LogP contribution in [0.1, 0.15) is 39.5 Å². The molecule has 1 rings (SSSR count). The van der Waals surface area contributed by atoms with Crippen LogP contribution in [-0.2, 0) is 9.53 Å². The van der Waals surface area contributed by atoms with Crippen molar-refractivity contribution in [1.82, 2.24) is 4.90 Å². The second-order valence-electron chi connectivity index (χ2n) is 4.15. The summed E-state index contributed by atoms with van der Waals surface area (Å²) in [5.41, 5.74) is 0. The third-order valence-electron chi connectivity index (χ3n) is 3.04. The molecule has 1 aliphatic heterocycles. The van der Waals surface area contributed by atoms with E-state index in [-0.39, 0.29) is 24.6 Å². The number of nitrogens with zero attached hydrogens (tertiary/aromatic N) is 1. The first-order valence-corrected chi connectivity index (χ1v) is 5.73. The summed E-state index contributed by atoms with van der Waals surface area (Å²) in [6, 6.07) is 0.110. The van der Waals surface area contributed by atoms with Gasteiger partial charge in [-0.1, -0.05) is 6.92 Å². The average Bonchev–Trinajstić information content (AvgIpc) is 2.25. The number of carbonyl (C=O) groups excluding carboxylic acids is 1. The fraction of sp³-hybridized carbons (Fsp3) is 0.818. The number of carboxylic acids is 1. The number of ether oxygens (including phenoxy) is 1. The first kappa shape index (κ1) is 12.8. The van der Waals surface area contributed by atoms with Crippen LogP contribution in [0, 0.1) is 0 Å². The van der Waals surface area contributed by atoms with Crippen LogP contribution in [0.3, 0.4) is 0 Å². The predicted molar refractivity (Wildman–Crippen MR) is 58.2 cm³/mol. The van der Waals surface area contributed by atoms with E-state index in [9.17, 15) is 9.59 Å². The van der Waals surface area contributed by atoms with Gasteiger partial charge in [-0.25, -0.2) is 4.79 Å². The van der Waals surface area contributed by atoms with Crippen LogP contribution >= 0.6 is 0 Å². The highest BCUT2D eigenvalue weighted by atomic mass is 16.6. The molecule has 0 aromatic carbocycles. The molecule has 5 heteroatoms. The third-order valence-corrected chi connectivity index (χ3v) is 3.04. The molecule has 1 heterocycles. The van der Waals surface area contributed by atoms with Crippen LogP contribution in [0.25, 0.3) is 0 Å². The topological polar surface area (TPSA) is 66.8 Å². The lowest BCUT2D eigenvalue weighted by Gasteiger charge is -2.38. The smallest absolute Gasteiger partial charge is 0.410 e. The van der Waals surface area contributed by atoms with Crippen LogP contribution in [0.2, 0.25) is 0 Å². The van der Waals surface area contributed by atoms with Crippen LogP contribution in [-0.4, -0.2) is 40.8 Å². The molecular formula is C11H19NO4. The summed E-state index contributed by atoms with van der Waals surface area (Å²) < 4.78 is 4.99.